The number of carbonyl (C=O) groups excluding carboxylic acids is 3. The van der Waals surface area contributed by atoms with Gasteiger partial charge in [-0.2, -0.15) is 0 Å². The number of nitrogens with zero attached hydrogens (tertiary/aromatic N) is 1. The molecular formula is C19H31NO6. The predicted octanol–water partition coefficient (Wildman–Crippen LogP) is 2.29. The number of Topliss-reactive ketones (excluding diaryl/α,β-unsaturated/α-hetero) is 2. The van der Waals surface area contributed by atoms with Crippen LogP contribution in [0.15, 0.2) is 0 Å². The van der Waals surface area contributed by atoms with Crippen molar-refractivity contribution in [3.63, 3.8) is 0 Å². The highest BCUT2D eigenvalue weighted by atomic mass is 16.6. The number of hydrogen-bond donors (Lipinski definition) is 1. The van der Waals surface area contributed by atoms with E-state index in [0.29, 0.717) is 19.4 Å². The van der Waals surface area contributed by atoms with Crippen molar-refractivity contribution in [2.45, 2.75) is 84.3 Å². The molecule has 1 amide bonds. The summed E-state index contributed by atoms with van der Waals surface area (Å²) in [5, 5.41) is 10.2. The number of hydrogen-bond acceptors (Lipinski definition) is 6. The molecule has 4 atom stereocenters. The van der Waals surface area contributed by atoms with Gasteiger partial charge in [0.25, 0.3) is 0 Å². The largest absolute Gasteiger partial charge is 0.444 e. The second-order valence-electron chi connectivity index (χ2n) is 9.04. The number of ketones is 2. The Labute approximate surface area is 155 Å². The molecule has 2 heterocycles. The minimum absolute atomic E-state index is 0.104. The maximum Gasteiger partial charge on any atom is 0.410 e. The van der Waals surface area contributed by atoms with Gasteiger partial charge in [0.05, 0.1) is 5.60 Å². The second-order valence-corrected chi connectivity index (χ2v) is 9.04. The van der Waals surface area contributed by atoms with Crippen LogP contribution in [-0.4, -0.2) is 57.7 Å². The van der Waals surface area contributed by atoms with E-state index in [1.165, 1.54) is 0 Å². The van der Waals surface area contributed by atoms with Crippen LogP contribution in [-0.2, 0) is 19.1 Å². The van der Waals surface area contributed by atoms with Gasteiger partial charge in [0.1, 0.15) is 11.5 Å². The number of likely N-dealkylation sites (tertiary alicyclic amines) is 1. The van der Waals surface area contributed by atoms with Gasteiger partial charge in [-0.1, -0.05) is 0 Å². The van der Waals surface area contributed by atoms with Gasteiger partial charge >= 0.3 is 6.09 Å². The standard InChI is InChI=1S/C19H31NO6/c1-11-9-12(7-8-20(11)17(24)26-18(2,3)4)15(22)14-13(21)10-19(5,6)25-16(14)23/h11-12,14,16,23H,7-10H2,1-6H3. The van der Waals surface area contributed by atoms with E-state index < -0.39 is 29.5 Å². The lowest BCUT2D eigenvalue weighted by atomic mass is 9.78. The fourth-order valence-corrected chi connectivity index (χ4v) is 3.70. The van der Waals surface area contributed by atoms with E-state index in [0.717, 1.165) is 0 Å². The quantitative estimate of drug-likeness (QED) is 0.751. The first kappa shape index (κ1) is 20.8. The normalized spacial score (nSPS) is 32.3. The van der Waals surface area contributed by atoms with Gasteiger partial charge < -0.3 is 19.5 Å². The third-order valence-electron chi connectivity index (χ3n) is 4.88. The van der Waals surface area contributed by atoms with Gasteiger partial charge in [0, 0.05) is 24.9 Å². The van der Waals surface area contributed by atoms with Crippen LogP contribution in [0.5, 0.6) is 0 Å². The Morgan fingerprint density at radius 1 is 1.31 bits per heavy atom. The average molecular weight is 369 g/mol. The Morgan fingerprint density at radius 2 is 1.92 bits per heavy atom. The maximum atomic E-state index is 12.8. The van der Waals surface area contributed by atoms with Crippen molar-refractivity contribution in [2.75, 3.05) is 6.54 Å². The molecule has 2 saturated heterocycles. The SMILES string of the molecule is CC1CC(C(=O)C2C(=O)CC(C)(C)OC2O)CCN1C(=O)OC(C)(C)C. The number of rotatable bonds is 2. The fraction of sp³-hybridized carbons (Fsp3) is 0.842. The van der Waals surface area contributed by atoms with Gasteiger partial charge in [-0.3, -0.25) is 9.59 Å². The first-order chi connectivity index (χ1) is 11.8. The summed E-state index contributed by atoms with van der Waals surface area (Å²) in [6.45, 7) is 11.1. The molecule has 2 rings (SSSR count). The molecule has 0 radical (unpaired) electrons. The van der Waals surface area contributed by atoms with Crippen LogP contribution < -0.4 is 0 Å². The van der Waals surface area contributed by atoms with Crippen LogP contribution >= 0.6 is 0 Å². The van der Waals surface area contributed by atoms with Crippen molar-refractivity contribution in [1.82, 2.24) is 4.90 Å². The second kappa shape index (κ2) is 7.27. The number of carbonyl (C=O) groups is 3. The van der Waals surface area contributed by atoms with Gasteiger partial charge in [-0.15, -0.1) is 0 Å². The maximum absolute atomic E-state index is 12.8. The first-order valence-electron chi connectivity index (χ1n) is 9.23. The Kier molecular flexibility index (Phi) is 5.83. The molecular weight excluding hydrogens is 338 g/mol. The number of aliphatic hydroxyl groups excluding tert-OH is 1. The molecule has 4 unspecified atom stereocenters. The molecule has 1 N–H and O–H groups in total. The lowest BCUT2D eigenvalue weighted by Crippen LogP contribution is -2.53. The number of piperidine rings is 1. The number of aliphatic hydroxyl groups is 1. The molecule has 0 saturated carbocycles. The zero-order valence-corrected chi connectivity index (χ0v) is 16.6. The summed E-state index contributed by atoms with van der Waals surface area (Å²) in [6.07, 6.45) is -0.805. The molecule has 0 aromatic heterocycles. The van der Waals surface area contributed by atoms with E-state index in [-0.39, 0.29) is 29.9 Å². The molecule has 2 fully saturated rings. The van der Waals surface area contributed by atoms with Crippen molar-refractivity contribution in [3.8, 4) is 0 Å². The van der Waals surface area contributed by atoms with E-state index in [4.69, 9.17) is 9.47 Å². The average Bonchev–Trinajstić information content (AvgIpc) is 2.42. The molecule has 0 bridgehead atoms. The number of amides is 1. The third-order valence-corrected chi connectivity index (χ3v) is 4.88. The van der Waals surface area contributed by atoms with Crippen LogP contribution in [0.4, 0.5) is 4.79 Å². The van der Waals surface area contributed by atoms with Gasteiger partial charge in [0.15, 0.2) is 17.9 Å². The summed E-state index contributed by atoms with van der Waals surface area (Å²) < 4.78 is 10.8. The highest BCUT2D eigenvalue weighted by Gasteiger charge is 2.47. The Balaban J connectivity index is 2.01. The molecule has 0 aliphatic carbocycles. The molecule has 0 aromatic carbocycles. The van der Waals surface area contributed by atoms with Crippen LogP contribution in [0.2, 0.25) is 0 Å². The summed E-state index contributed by atoms with van der Waals surface area (Å²) in [7, 11) is 0. The summed E-state index contributed by atoms with van der Waals surface area (Å²) >= 11 is 0. The Morgan fingerprint density at radius 3 is 2.42 bits per heavy atom. The van der Waals surface area contributed by atoms with Crippen molar-refractivity contribution in [3.05, 3.63) is 0 Å². The minimum atomic E-state index is -1.40. The molecule has 7 nitrogen and oxygen atoms in total. The van der Waals surface area contributed by atoms with Gasteiger partial charge in [-0.25, -0.2) is 4.79 Å². The first-order valence-corrected chi connectivity index (χ1v) is 9.23. The predicted molar refractivity (Wildman–Crippen MR) is 94.4 cm³/mol. The highest BCUT2D eigenvalue weighted by Crippen LogP contribution is 2.34. The Hall–Kier alpha value is -1.47. The minimum Gasteiger partial charge on any atom is -0.444 e. The van der Waals surface area contributed by atoms with Crippen molar-refractivity contribution in [1.29, 1.82) is 0 Å². The van der Waals surface area contributed by atoms with Gasteiger partial charge in [-0.05, 0) is 54.4 Å². The highest BCUT2D eigenvalue weighted by molar-refractivity contribution is 6.04. The zero-order chi connectivity index (χ0) is 19.9. The van der Waals surface area contributed by atoms with E-state index in [9.17, 15) is 19.5 Å². The van der Waals surface area contributed by atoms with E-state index in [2.05, 4.69) is 0 Å². The summed E-state index contributed by atoms with van der Waals surface area (Å²) in [5.74, 6) is -2.07. The molecule has 0 aromatic rings. The molecule has 7 heteroatoms. The van der Waals surface area contributed by atoms with Crippen molar-refractivity contribution in [2.24, 2.45) is 11.8 Å². The topological polar surface area (TPSA) is 93.1 Å². The van der Waals surface area contributed by atoms with Crippen LogP contribution in [0.3, 0.4) is 0 Å². The molecule has 2 aliphatic rings. The summed E-state index contributed by atoms with van der Waals surface area (Å²) in [5.41, 5.74) is -1.34. The smallest absolute Gasteiger partial charge is 0.410 e. The van der Waals surface area contributed by atoms with E-state index in [1.54, 1.807) is 18.7 Å². The van der Waals surface area contributed by atoms with Gasteiger partial charge in [0.2, 0.25) is 0 Å². The number of ether oxygens (including phenoxy) is 2. The summed E-state index contributed by atoms with van der Waals surface area (Å²) in [6, 6.07) is -0.180. The fourth-order valence-electron chi connectivity index (χ4n) is 3.70. The van der Waals surface area contributed by atoms with E-state index >= 15 is 0 Å². The molecule has 148 valence electrons. The monoisotopic (exact) mass is 369 g/mol. The zero-order valence-electron chi connectivity index (χ0n) is 16.6. The molecule has 26 heavy (non-hydrogen) atoms. The van der Waals surface area contributed by atoms with Crippen LogP contribution in [0.25, 0.3) is 0 Å². The molecule has 2 aliphatic heterocycles. The van der Waals surface area contributed by atoms with E-state index in [1.807, 2.05) is 27.7 Å². The van der Waals surface area contributed by atoms with Crippen LogP contribution in [0.1, 0.15) is 60.8 Å². The van der Waals surface area contributed by atoms with Crippen molar-refractivity contribution >= 4 is 17.7 Å². The van der Waals surface area contributed by atoms with Crippen LogP contribution in [0, 0.1) is 11.8 Å². The van der Waals surface area contributed by atoms with Crippen molar-refractivity contribution < 1.29 is 29.0 Å². The molecule has 0 spiro atoms. The Bertz CT molecular complexity index is 579. The third kappa shape index (κ3) is 4.82. The summed E-state index contributed by atoms with van der Waals surface area (Å²) in [4.78, 5) is 39.1. The lowest BCUT2D eigenvalue weighted by molar-refractivity contribution is -0.219. The lowest BCUT2D eigenvalue weighted by Gasteiger charge is -2.41.